The standard InChI is InChI=1S/C26H23F3N4O2/c1-17-11-13-32(14-12-17)23-10-7-19(15-30-23)33-16-31-24-21(3-2-4-22(24)25(33)34)18-5-8-20(9-6-18)35-26(27,28)29/h2-10,15-17H,11-14H2,1H3. The molecule has 0 spiro atoms. The van der Waals surface area contributed by atoms with Crippen LogP contribution in [0.15, 0.2) is 71.9 Å². The van der Waals surface area contributed by atoms with Gasteiger partial charge in [0, 0.05) is 18.7 Å². The van der Waals surface area contributed by atoms with Gasteiger partial charge in [-0.25, -0.2) is 9.97 Å². The number of nitrogens with zero attached hydrogens (tertiary/aromatic N) is 4. The molecule has 2 aromatic carbocycles. The number of aromatic nitrogens is 3. The van der Waals surface area contributed by atoms with Crippen LogP contribution in [0.4, 0.5) is 19.0 Å². The highest BCUT2D eigenvalue weighted by Gasteiger charge is 2.31. The summed E-state index contributed by atoms with van der Waals surface area (Å²) in [6.07, 6.45) is 0.642. The number of fused-ring (bicyclic) bond motifs is 1. The van der Waals surface area contributed by atoms with E-state index in [9.17, 15) is 18.0 Å². The topological polar surface area (TPSA) is 60.2 Å². The van der Waals surface area contributed by atoms with E-state index in [1.54, 1.807) is 24.4 Å². The fraction of sp³-hybridized carbons (Fsp3) is 0.269. The molecule has 0 amide bonds. The second-order valence-corrected chi connectivity index (χ2v) is 8.74. The van der Waals surface area contributed by atoms with Gasteiger partial charge in [-0.3, -0.25) is 9.36 Å². The summed E-state index contributed by atoms with van der Waals surface area (Å²) < 4.78 is 42.7. The van der Waals surface area contributed by atoms with Gasteiger partial charge in [-0.15, -0.1) is 13.2 Å². The first kappa shape index (κ1) is 22.9. The average molecular weight is 480 g/mol. The van der Waals surface area contributed by atoms with Crippen molar-refractivity contribution in [2.24, 2.45) is 5.92 Å². The Balaban J connectivity index is 1.45. The summed E-state index contributed by atoms with van der Waals surface area (Å²) >= 11 is 0. The second kappa shape index (κ2) is 9.05. The van der Waals surface area contributed by atoms with Gasteiger partial charge >= 0.3 is 6.36 Å². The molecule has 0 N–H and O–H groups in total. The molecule has 0 atom stereocenters. The van der Waals surface area contributed by atoms with Crippen molar-refractivity contribution >= 4 is 16.7 Å². The number of benzene rings is 2. The van der Waals surface area contributed by atoms with E-state index in [0.717, 1.165) is 37.7 Å². The summed E-state index contributed by atoms with van der Waals surface area (Å²) in [4.78, 5) is 24.6. The second-order valence-electron chi connectivity index (χ2n) is 8.74. The number of anilines is 1. The van der Waals surface area contributed by atoms with Crippen LogP contribution in [-0.4, -0.2) is 34.0 Å². The molecular formula is C26H23F3N4O2. The van der Waals surface area contributed by atoms with E-state index in [2.05, 4.69) is 26.5 Å². The molecule has 0 bridgehead atoms. The van der Waals surface area contributed by atoms with E-state index in [0.29, 0.717) is 27.7 Å². The van der Waals surface area contributed by atoms with E-state index >= 15 is 0 Å². The number of para-hydroxylation sites is 1. The highest BCUT2D eigenvalue weighted by Crippen LogP contribution is 2.30. The zero-order valence-electron chi connectivity index (χ0n) is 19.0. The minimum absolute atomic E-state index is 0.254. The zero-order chi connectivity index (χ0) is 24.6. The Bertz CT molecular complexity index is 1390. The Kier molecular flexibility index (Phi) is 5.92. The van der Waals surface area contributed by atoms with Crippen LogP contribution in [0.5, 0.6) is 5.75 Å². The predicted octanol–water partition coefficient (Wildman–Crippen LogP) is 5.58. The first-order valence-electron chi connectivity index (χ1n) is 11.4. The molecule has 4 aromatic rings. The van der Waals surface area contributed by atoms with Gasteiger partial charge < -0.3 is 9.64 Å². The molecular weight excluding hydrogens is 457 g/mol. The molecule has 180 valence electrons. The molecule has 1 aliphatic rings. The minimum atomic E-state index is -4.76. The maximum atomic E-state index is 13.3. The predicted molar refractivity (Wildman–Crippen MR) is 128 cm³/mol. The van der Waals surface area contributed by atoms with Crippen molar-refractivity contribution in [2.75, 3.05) is 18.0 Å². The molecule has 0 saturated carbocycles. The van der Waals surface area contributed by atoms with Gasteiger partial charge in [0.15, 0.2) is 0 Å². The van der Waals surface area contributed by atoms with Crippen molar-refractivity contribution in [1.29, 1.82) is 0 Å². The number of ether oxygens (including phenoxy) is 1. The maximum Gasteiger partial charge on any atom is 0.573 e. The van der Waals surface area contributed by atoms with Crippen LogP contribution in [0.2, 0.25) is 0 Å². The molecule has 1 saturated heterocycles. The van der Waals surface area contributed by atoms with E-state index in [1.165, 1.54) is 35.2 Å². The van der Waals surface area contributed by atoms with Crippen molar-refractivity contribution in [1.82, 2.24) is 14.5 Å². The Labute approximate surface area is 199 Å². The van der Waals surface area contributed by atoms with Crippen molar-refractivity contribution in [2.45, 2.75) is 26.1 Å². The number of pyridine rings is 1. The number of rotatable bonds is 4. The van der Waals surface area contributed by atoms with Crippen LogP contribution in [0.25, 0.3) is 27.7 Å². The van der Waals surface area contributed by atoms with Gasteiger partial charge in [0.2, 0.25) is 0 Å². The van der Waals surface area contributed by atoms with Gasteiger partial charge in [0.05, 0.1) is 22.8 Å². The van der Waals surface area contributed by atoms with Gasteiger partial charge in [0.1, 0.15) is 17.9 Å². The van der Waals surface area contributed by atoms with Crippen molar-refractivity contribution in [3.63, 3.8) is 0 Å². The molecule has 1 aliphatic heterocycles. The van der Waals surface area contributed by atoms with Crippen molar-refractivity contribution in [3.8, 4) is 22.6 Å². The largest absolute Gasteiger partial charge is 0.573 e. The molecule has 5 rings (SSSR count). The zero-order valence-corrected chi connectivity index (χ0v) is 19.0. The molecule has 2 aromatic heterocycles. The number of hydrogen-bond donors (Lipinski definition) is 0. The third-order valence-corrected chi connectivity index (χ3v) is 6.30. The van der Waals surface area contributed by atoms with Gasteiger partial charge in [-0.05, 0) is 54.7 Å². The average Bonchev–Trinajstić information content (AvgIpc) is 2.84. The lowest BCUT2D eigenvalue weighted by Gasteiger charge is -2.31. The third kappa shape index (κ3) is 4.84. The molecule has 9 heteroatoms. The fourth-order valence-corrected chi connectivity index (χ4v) is 4.35. The lowest BCUT2D eigenvalue weighted by Crippen LogP contribution is -2.33. The quantitative estimate of drug-likeness (QED) is 0.382. The summed E-state index contributed by atoms with van der Waals surface area (Å²) in [5, 5.41) is 0.398. The summed E-state index contributed by atoms with van der Waals surface area (Å²) in [6, 6.07) is 14.4. The molecule has 35 heavy (non-hydrogen) atoms. The molecule has 3 heterocycles. The summed E-state index contributed by atoms with van der Waals surface area (Å²) in [5.74, 6) is 1.30. The number of hydrogen-bond acceptors (Lipinski definition) is 5. The number of alkyl halides is 3. The Morgan fingerprint density at radius 2 is 1.71 bits per heavy atom. The van der Waals surface area contributed by atoms with Gasteiger partial charge in [-0.1, -0.05) is 31.2 Å². The first-order valence-corrected chi connectivity index (χ1v) is 11.4. The molecule has 6 nitrogen and oxygen atoms in total. The van der Waals surface area contributed by atoms with Crippen LogP contribution in [-0.2, 0) is 0 Å². The lowest BCUT2D eigenvalue weighted by molar-refractivity contribution is -0.274. The smallest absolute Gasteiger partial charge is 0.406 e. The first-order chi connectivity index (χ1) is 16.8. The van der Waals surface area contributed by atoms with Crippen LogP contribution < -0.4 is 15.2 Å². The molecule has 1 fully saturated rings. The Hall–Kier alpha value is -3.88. The van der Waals surface area contributed by atoms with Crippen LogP contribution >= 0.6 is 0 Å². The van der Waals surface area contributed by atoms with E-state index in [1.807, 2.05) is 12.1 Å². The molecule has 0 radical (unpaired) electrons. The van der Waals surface area contributed by atoms with Gasteiger partial charge in [-0.2, -0.15) is 0 Å². The molecule has 0 aliphatic carbocycles. The van der Waals surface area contributed by atoms with Crippen LogP contribution in [0.3, 0.4) is 0 Å². The lowest BCUT2D eigenvalue weighted by atomic mass is 9.99. The summed E-state index contributed by atoms with van der Waals surface area (Å²) in [5.41, 5.74) is 2.08. The number of halogens is 3. The minimum Gasteiger partial charge on any atom is -0.406 e. The summed E-state index contributed by atoms with van der Waals surface area (Å²) in [6.45, 7) is 4.20. The Morgan fingerprint density at radius 3 is 2.37 bits per heavy atom. The van der Waals surface area contributed by atoms with Crippen LogP contribution in [0, 0.1) is 5.92 Å². The third-order valence-electron chi connectivity index (χ3n) is 6.30. The van der Waals surface area contributed by atoms with Crippen molar-refractivity contribution in [3.05, 3.63) is 77.5 Å². The van der Waals surface area contributed by atoms with E-state index < -0.39 is 6.36 Å². The van der Waals surface area contributed by atoms with Gasteiger partial charge in [0.25, 0.3) is 5.56 Å². The summed E-state index contributed by atoms with van der Waals surface area (Å²) in [7, 11) is 0. The maximum absolute atomic E-state index is 13.3. The highest BCUT2D eigenvalue weighted by atomic mass is 19.4. The number of piperidine rings is 1. The highest BCUT2D eigenvalue weighted by molar-refractivity contribution is 5.93. The van der Waals surface area contributed by atoms with Crippen LogP contribution in [0.1, 0.15) is 19.8 Å². The normalized spacial score (nSPS) is 14.9. The monoisotopic (exact) mass is 480 g/mol. The Morgan fingerprint density at radius 1 is 0.971 bits per heavy atom. The van der Waals surface area contributed by atoms with E-state index in [-0.39, 0.29) is 11.3 Å². The van der Waals surface area contributed by atoms with E-state index in [4.69, 9.17) is 0 Å². The molecule has 0 unspecified atom stereocenters. The SMILES string of the molecule is CC1CCN(c2ccc(-n3cnc4c(-c5ccc(OC(F)(F)F)cc5)cccc4c3=O)cn2)CC1. The van der Waals surface area contributed by atoms with Crippen molar-refractivity contribution < 1.29 is 17.9 Å². The fourth-order valence-electron chi connectivity index (χ4n) is 4.35.